The molecule has 16 heavy (non-hydrogen) atoms. The number of thioether (sulfide) groups is 3. The van der Waals surface area contributed by atoms with Crippen molar-refractivity contribution in [1.82, 2.24) is 0 Å². The van der Waals surface area contributed by atoms with Gasteiger partial charge in [0.2, 0.25) is 0 Å². The van der Waals surface area contributed by atoms with E-state index in [2.05, 4.69) is 70.6 Å². The lowest BCUT2D eigenvalue weighted by molar-refractivity contribution is 1.15. The molecule has 0 amide bonds. The summed E-state index contributed by atoms with van der Waals surface area (Å²) in [5, 5.41) is 1.07. The Morgan fingerprint density at radius 1 is 0.938 bits per heavy atom. The molecule has 0 aliphatic rings. The molecule has 3 unspecified atom stereocenters. The summed E-state index contributed by atoms with van der Waals surface area (Å²) in [4.78, 5) is 0.598. The van der Waals surface area contributed by atoms with Gasteiger partial charge in [-0.15, -0.1) is 23.5 Å². The van der Waals surface area contributed by atoms with Crippen LogP contribution in [0.2, 0.25) is 0 Å². The molecule has 0 nitrogen and oxygen atoms in total. The molecular weight excluding hydrogens is 524 g/mol. The van der Waals surface area contributed by atoms with Gasteiger partial charge in [0.15, 0.2) is 0 Å². The second-order valence-corrected chi connectivity index (χ2v) is 12.4. The molecular formula is C9H16Br4S3. The van der Waals surface area contributed by atoms with Gasteiger partial charge in [0, 0.05) is 33.2 Å². The predicted molar refractivity (Wildman–Crippen MR) is 99.9 cm³/mol. The Labute approximate surface area is 145 Å². The van der Waals surface area contributed by atoms with Crippen LogP contribution in [0.25, 0.3) is 0 Å². The molecule has 0 saturated heterocycles. The average Bonchev–Trinajstić information content (AvgIpc) is 2.23. The lowest BCUT2D eigenvalue weighted by atomic mass is 10.6. The predicted octanol–water partition coefficient (Wildman–Crippen LogP) is 5.81. The van der Waals surface area contributed by atoms with Crippen molar-refractivity contribution in [3.8, 4) is 0 Å². The summed E-state index contributed by atoms with van der Waals surface area (Å²) in [6.45, 7) is 2.19. The van der Waals surface area contributed by atoms with Crippen molar-refractivity contribution in [3.05, 3.63) is 0 Å². The van der Waals surface area contributed by atoms with E-state index in [1.165, 1.54) is 17.3 Å². The third kappa shape index (κ3) is 13.4. The summed E-state index contributed by atoms with van der Waals surface area (Å²) >= 11 is 20.3. The number of hydrogen-bond acceptors (Lipinski definition) is 3. The zero-order chi connectivity index (χ0) is 12.4. The normalized spacial score (nSPS) is 17.1. The van der Waals surface area contributed by atoms with Gasteiger partial charge >= 0.3 is 0 Å². The van der Waals surface area contributed by atoms with Crippen molar-refractivity contribution in [2.24, 2.45) is 0 Å². The van der Waals surface area contributed by atoms with E-state index in [9.17, 15) is 0 Å². The highest BCUT2D eigenvalue weighted by molar-refractivity contribution is 9.11. The van der Waals surface area contributed by atoms with Crippen molar-refractivity contribution in [3.63, 3.8) is 0 Å². The molecule has 7 heteroatoms. The molecule has 0 spiro atoms. The minimum Gasteiger partial charge on any atom is -0.158 e. The first-order chi connectivity index (χ1) is 7.56. The first-order valence-corrected chi connectivity index (χ1v) is 12.0. The van der Waals surface area contributed by atoms with Crippen LogP contribution in [-0.2, 0) is 0 Å². The number of alkyl halides is 4. The van der Waals surface area contributed by atoms with E-state index in [0.717, 1.165) is 11.1 Å². The quantitative estimate of drug-likeness (QED) is 0.322. The molecule has 3 atom stereocenters. The second-order valence-electron chi connectivity index (χ2n) is 3.03. The Balaban J connectivity index is 3.35. The van der Waals surface area contributed by atoms with Crippen LogP contribution in [0.4, 0.5) is 0 Å². The van der Waals surface area contributed by atoms with Gasteiger partial charge in [-0.2, -0.15) is 11.8 Å². The third-order valence-electron chi connectivity index (χ3n) is 1.38. The largest absolute Gasteiger partial charge is 0.158 e. The average molecular weight is 540 g/mol. The molecule has 0 aromatic heterocycles. The third-order valence-corrected chi connectivity index (χ3v) is 9.89. The first kappa shape index (κ1) is 19.0. The van der Waals surface area contributed by atoms with Crippen molar-refractivity contribution in [2.75, 3.05) is 28.3 Å². The maximum atomic E-state index is 3.70. The first-order valence-electron chi connectivity index (χ1n) is 4.85. The van der Waals surface area contributed by atoms with Crippen LogP contribution >= 0.6 is 99.0 Å². The summed E-state index contributed by atoms with van der Waals surface area (Å²) in [5.74, 6) is 4.67. The van der Waals surface area contributed by atoms with Gasteiger partial charge in [-0.3, -0.25) is 0 Å². The van der Waals surface area contributed by atoms with Crippen LogP contribution < -0.4 is 0 Å². The smallest absolute Gasteiger partial charge is 0.0690 e. The molecule has 98 valence electrons. The van der Waals surface area contributed by atoms with E-state index in [0.29, 0.717) is 13.1 Å². The van der Waals surface area contributed by atoms with Crippen molar-refractivity contribution in [2.45, 2.75) is 20.1 Å². The van der Waals surface area contributed by atoms with E-state index in [-0.39, 0.29) is 0 Å². The van der Waals surface area contributed by atoms with E-state index < -0.39 is 0 Å². The maximum Gasteiger partial charge on any atom is 0.0690 e. The maximum absolute atomic E-state index is 3.70. The molecule has 0 aromatic carbocycles. The summed E-state index contributed by atoms with van der Waals surface area (Å²) < 4.78 is 1.15. The van der Waals surface area contributed by atoms with Crippen LogP contribution in [-0.4, -0.2) is 41.5 Å². The molecule has 0 aliphatic heterocycles. The van der Waals surface area contributed by atoms with Gasteiger partial charge < -0.3 is 0 Å². The van der Waals surface area contributed by atoms with Crippen LogP contribution in [0.1, 0.15) is 6.92 Å². The SMILES string of the molecule is CC(Br)CSC(Br)CSCC(Br)SCCBr. The molecule has 0 bridgehead atoms. The molecule has 0 aliphatic carbocycles. The van der Waals surface area contributed by atoms with Gasteiger partial charge in [-0.05, 0) is 0 Å². The highest BCUT2D eigenvalue weighted by Gasteiger charge is 2.09. The Morgan fingerprint density at radius 3 is 2.00 bits per heavy atom. The highest BCUT2D eigenvalue weighted by Crippen LogP contribution is 2.27. The topological polar surface area (TPSA) is 0 Å². The number of hydrogen-bond donors (Lipinski definition) is 0. The highest BCUT2D eigenvalue weighted by atomic mass is 79.9. The lowest BCUT2D eigenvalue weighted by Gasteiger charge is -2.12. The fourth-order valence-corrected chi connectivity index (χ4v) is 6.59. The van der Waals surface area contributed by atoms with E-state index in [1.807, 2.05) is 35.3 Å². The minimum absolute atomic E-state index is 0.568. The molecule has 0 N–H and O–H groups in total. The number of halogens is 4. The molecule has 0 aromatic rings. The molecule has 0 rings (SSSR count). The molecule has 0 radical (unpaired) electrons. The van der Waals surface area contributed by atoms with Gasteiger partial charge in [-0.25, -0.2) is 0 Å². The van der Waals surface area contributed by atoms with Crippen LogP contribution in [0.5, 0.6) is 0 Å². The van der Waals surface area contributed by atoms with Crippen LogP contribution in [0, 0.1) is 0 Å². The van der Waals surface area contributed by atoms with Gasteiger partial charge in [-0.1, -0.05) is 70.6 Å². The summed E-state index contributed by atoms with van der Waals surface area (Å²) in [7, 11) is 0. The fourth-order valence-electron chi connectivity index (χ4n) is 0.759. The second kappa shape index (κ2) is 13.0. The van der Waals surface area contributed by atoms with Gasteiger partial charge in [0.05, 0.1) is 8.32 Å². The van der Waals surface area contributed by atoms with Crippen LogP contribution in [0.15, 0.2) is 0 Å². The lowest BCUT2D eigenvalue weighted by Crippen LogP contribution is -2.05. The van der Waals surface area contributed by atoms with E-state index in [1.54, 1.807) is 0 Å². The Bertz CT molecular complexity index is 160. The molecule has 0 fully saturated rings. The Kier molecular flexibility index (Phi) is 15.4. The molecule has 0 saturated carbocycles. The summed E-state index contributed by atoms with van der Waals surface area (Å²) in [6, 6.07) is 0. The zero-order valence-electron chi connectivity index (χ0n) is 9.00. The van der Waals surface area contributed by atoms with Crippen molar-refractivity contribution < 1.29 is 0 Å². The van der Waals surface area contributed by atoms with Gasteiger partial charge in [0.1, 0.15) is 0 Å². The zero-order valence-corrected chi connectivity index (χ0v) is 17.8. The van der Waals surface area contributed by atoms with Crippen molar-refractivity contribution in [1.29, 1.82) is 0 Å². The summed E-state index contributed by atoms with van der Waals surface area (Å²) in [5.41, 5.74) is 0. The van der Waals surface area contributed by atoms with Crippen LogP contribution in [0.3, 0.4) is 0 Å². The summed E-state index contributed by atoms with van der Waals surface area (Å²) in [6.07, 6.45) is 0. The minimum atomic E-state index is 0.568. The van der Waals surface area contributed by atoms with E-state index in [4.69, 9.17) is 0 Å². The fraction of sp³-hybridized carbons (Fsp3) is 1.00. The van der Waals surface area contributed by atoms with Crippen molar-refractivity contribution >= 4 is 99.0 Å². The van der Waals surface area contributed by atoms with Gasteiger partial charge in [0.25, 0.3) is 0 Å². The Hall–Kier alpha value is 2.97. The standard InChI is InChI=1S/C9H16Br4S3/c1-7(11)4-16-9(13)6-14-5-8(12)15-3-2-10/h7-9H,2-6H2,1H3. The monoisotopic (exact) mass is 536 g/mol. The Morgan fingerprint density at radius 2 is 1.50 bits per heavy atom. The number of rotatable bonds is 10. The molecule has 0 heterocycles. The van der Waals surface area contributed by atoms with E-state index >= 15 is 0 Å².